The molecular weight excluding hydrogens is 302 g/mol. The van der Waals surface area contributed by atoms with Gasteiger partial charge >= 0.3 is 16.8 Å². The lowest BCUT2D eigenvalue weighted by Crippen LogP contribution is -2.33. The van der Waals surface area contributed by atoms with Crippen molar-refractivity contribution in [3.63, 3.8) is 0 Å². The highest BCUT2D eigenvalue weighted by Gasteiger charge is 2.20. The van der Waals surface area contributed by atoms with E-state index in [1.165, 1.54) is 11.7 Å². The number of hydrogen-bond donors (Lipinski definition) is 2. The summed E-state index contributed by atoms with van der Waals surface area (Å²) in [6.07, 6.45) is 1.05. The summed E-state index contributed by atoms with van der Waals surface area (Å²) in [6.45, 7) is 0. The highest BCUT2D eigenvalue weighted by molar-refractivity contribution is 7.99. The summed E-state index contributed by atoms with van der Waals surface area (Å²) < 4.78 is 1.18. The molecule has 0 fully saturated rings. The molecule has 21 heavy (non-hydrogen) atoms. The van der Waals surface area contributed by atoms with E-state index in [0.29, 0.717) is 0 Å². The van der Waals surface area contributed by atoms with E-state index >= 15 is 0 Å². The number of aromatic amines is 1. The van der Waals surface area contributed by atoms with Crippen molar-refractivity contribution in [2.24, 2.45) is 7.05 Å². The third-order valence-corrected chi connectivity index (χ3v) is 3.33. The zero-order valence-electron chi connectivity index (χ0n) is 10.9. The summed E-state index contributed by atoms with van der Waals surface area (Å²) in [5, 5.41) is 15.9. The van der Waals surface area contributed by atoms with Crippen LogP contribution in [0.1, 0.15) is 0 Å². The van der Waals surface area contributed by atoms with Gasteiger partial charge in [-0.1, -0.05) is 0 Å². The molecule has 0 aliphatic heterocycles. The number of aromatic nitrogens is 5. The summed E-state index contributed by atoms with van der Waals surface area (Å²) in [5.74, 6) is 0.178. The summed E-state index contributed by atoms with van der Waals surface area (Å²) in [4.78, 5) is 43.9. The van der Waals surface area contributed by atoms with Crippen molar-refractivity contribution >= 4 is 23.4 Å². The predicted octanol–water partition coefficient (Wildman–Crippen LogP) is -0.640. The van der Waals surface area contributed by atoms with Gasteiger partial charge in [0.25, 0.3) is 0 Å². The first-order valence-corrected chi connectivity index (χ1v) is 6.28. The molecule has 0 aromatic carbocycles. The van der Waals surface area contributed by atoms with Gasteiger partial charge in [0.2, 0.25) is 5.95 Å². The van der Waals surface area contributed by atoms with Crippen molar-refractivity contribution in [3.05, 3.63) is 37.0 Å². The summed E-state index contributed by atoms with van der Waals surface area (Å²) in [5.41, 5.74) is -2.20. The smallest absolute Gasteiger partial charge is 0.339 e. The lowest BCUT2D eigenvalue weighted by atomic mass is 10.5. The average molecular weight is 311 g/mol. The van der Waals surface area contributed by atoms with Crippen molar-refractivity contribution in [2.45, 2.75) is 10.2 Å². The Balaban J connectivity index is 2.52. The van der Waals surface area contributed by atoms with Crippen molar-refractivity contribution in [1.82, 2.24) is 24.7 Å². The number of nitrogens with one attached hydrogen (secondary N) is 2. The van der Waals surface area contributed by atoms with Gasteiger partial charge in [-0.25, -0.2) is 4.98 Å². The quantitative estimate of drug-likeness (QED) is 0.325. The molecule has 0 unspecified atom stereocenters. The molecule has 2 aromatic rings. The van der Waals surface area contributed by atoms with Gasteiger partial charge in [-0.15, -0.1) is 0 Å². The van der Waals surface area contributed by atoms with Crippen molar-refractivity contribution in [2.75, 3.05) is 12.4 Å². The normalized spacial score (nSPS) is 10.4. The molecule has 2 N–H and O–H groups in total. The van der Waals surface area contributed by atoms with Crippen LogP contribution >= 0.6 is 11.8 Å². The molecule has 110 valence electrons. The highest BCUT2D eigenvalue weighted by atomic mass is 32.2. The van der Waals surface area contributed by atoms with Gasteiger partial charge in [0, 0.05) is 14.1 Å². The van der Waals surface area contributed by atoms with Crippen LogP contribution < -0.4 is 16.4 Å². The van der Waals surface area contributed by atoms with E-state index in [1.807, 2.05) is 0 Å². The maximum atomic E-state index is 11.3. The van der Waals surface area contributed by atoms with Crippen LogP contribution in [0.3, 0.4) is 0 Å². The summed E-state index contributed by atoms with van der Waals surface area (Å²) in [7, 11) is 3.01. The van der Waals surface area contributed by atoms with E-state index in [-0.39, 0.29) is 21.8 Å². The van der Waals surface area contributed by atoms with E-state index in [2.05, 4.69) is 25.4 Å². The van der Waals surface area contributed by atoms with Gasteiger partial charge in [0.15, 0.2) is 10.2 Å². The van der Waals surface area contributed by atoms with Crippen LogP contribution in [0.2, 0.25) is 0 Å². The Hall–Kier alpha value is -2.76. The third kappa shape index (κ3) is 3.05. The van der Waals surface area contributed by atoms with Crippen LogP contribution in [-0.4, -0.2) is 36.7 Å². The molecule has 2 rings (SSSR count). The fourth-order valence-corrected chi connectivity index (χ4v) is 2.17. The number of aryl methyl sites for hydroxylation is 1. The Morgan fingerprint density at radius 1 is 1.43 bits per heavy atom. The van der Waals surface area contributed by atoms with Gasteiger partial charge in [0.05, 0.1) is 4.92 Å². The van der Waals surface area contributed by atoms with Gasteiger partial charge in [-0.05, 0) is 11.8 Å². The Morgan fingerprint density at radius 3 is 2.76 bits per heavy atom. The number of nitrogens with zero attached hydrogens (tertiary/aromatic N) is 5. The van der Waals surface area contributed by atoms with E-state index in [9.17, 15) is 19.7 Å². The molecule has 11 nitrogen and oxygen atoms in total. The molecule has 0 aliphatic carbocycles. The topological polar surface area (TPSA) is 149 Å². The lowest BCUT2D eigenvalue weighted by molar-refractivity contribution is -0.388. The largest absolute Gasteiger partial charge is 0.357 e. The molecule has 0 saturated heterocycles. The summed E-state index contributed by atoms with van der Waals surface area (Å²) >= 11 is 0.771. The maximum Gasteiger partial charge on any atom is 0.339 e. The number of H-pyrrole nitrogens is 1. The average Bonchev–Trinajstić information content (AvgIpc) is 2.44. The molecule has 2 aromatic heterocycles. The van der Waals surface area contributed by atoms with Crippen LogP contribution in [0.15, 0.2) is 26.0 Å². The minimum absolute atomic E-state index is 0.00565. The van der Waals surface area contributed by atoms with Crippen LogP contribution in [0.4, 0.5) is 11.6 Å². The summed E-state index contributed by atoms with van der Waals surface area (Å²) in [6, 6.07) is 0. The molecule has 0 saturated carbocycles. The van der Waals surface area contributed by atoms with E-state index in [4.69, 9.17) is 0 Å². The van der Waals surface area contributed by atoms with Gasteiger partial charge < -0.3 is 5.32 Å². The zero-order valence-corrected chi connectivity index (χ0v) is 11.7. The first kappa shape index (κ1) is 14.6. The molecule has 2 heterocycles. The highest BCUT2D eigenvalue weighted by Crippen LogP contribution is 2.31. The second kappa shape index (κ2) is 5.70. The molecule has 0 bridgehead atoms. The van der Waals surface area contributed by atoms with Crippen molar-refractivity contribution in [3.8, 4) is 0 Å². The van der Waals surface area contributed by atoms with E-state index in [0.717, 1.165) is 18.0 Å². The molecular formula is C9H9N7O4S. The third-order valence-electron chi connectivity index (χ3n) is 2.29. The van der Waals surface area contributed by atoms with Crippen LogP contribution in [-0.2, 0) is 7.05 Å². The minimum Gasteiger partial charge on any atom is -0.357 e. The first-order chi connectivity index (χ1) is 9.92. The molecule has 0 aliphatic rings. The number of rotatable bonds is 4. The van der Waals surface area contributed by atoms with Crippen molar-refractivity contribution < 1.29 is 4.92 Å². The first-order valence-electron chi connectivity index (χ1n) is 5.46. The fraction of sp³-hybridized carbons (Fsp3) is 0.222. The number of nitro groups is 1. The van der Waals surface area contributed by atoms with Gasteiger partial charge in [0.1, 0.15) is 6.20 Å². The van der Waals surface area contributed by atoms with Crippen LogP contribution in [0.5, 0.6) is 0 Å². The molecule has 0 amide bonds. The van der Waals surface area contributed by atoms with E-state index in [1.54, 1.807) is 7.05 Å². The predicted molar refractivity (Wildman–Crippen MR) is 72.5 cm³/mol. The second-order valence-corrected chi connectivity index (χ2v) is 4.65. The lowest BCUT2D eigenvalue weighted by Gasteiger charge is -2.06. The monoisotopic (exact) mass is 311 g/mol. The van der Waals surface area contributed by atoms with Gasteiger partial charge in [-0.2, -0.15) is 9.97 Å². The maximum absolute atomic E-state index is 11.3. The Labute approximate surface area is 120 Å². The van der Waals surface area contributed by atoms with Crippen molar-refractivity contribution in [1.29, 1.82) is 0 Å². The Morgan fingerprint density at radius 2 is 2.14 bits per heavy atom. The standard InChI is InChI=1S/C9H9N7O4S/c1-10-8-11-3-4(16(19)20)7(13-8)21-9-12-5(17)6(18)14-15(9)2/h3H,1-2H3,(H,14,18)(H,10,11,13). The minimum atomic E-state index is -0.985. The van der Waals surface area contributed by atoms with E-state index < -0.39 is 16.0 Å². The van der Waals surface area contributed by atoms with Gasteiger partial charge in [-0.3, -0.25) is 29.5 Å². The van der Waals surface area contributed by atoms with Crippen LogP contribution in [0.25, 0.3) is 0 Å². The molecule has 12 heteroatoms. The molecule has 0 radical (unpaired) electrons. The molecule has 0 spiro atoms. The second-order valence-electron chi connectivity index (χ2n) is 3.69. The molecule has 0 atom stereocenters. The zero-order chi connectivity index (χ0) is 15.6. The SMILES string of the molecule is CNc1ncc([N+](=O)[O-])c(Sc2nc(=O)c(=O)[nH]n2C)n1. The number of anilines is 1. The van der Waals surface area contributed by atoms with Crippen LogP contribution in [0, 0.1) is 10.1 Å². The Kier molecular flexibility index (Phi) is 3.98. The number of hydrogen-bond acceptors (Lipinski definition) is 9. The fourth-order valence-electron chi connectivity index (χ4n) is 1.32. The Bertz CT molecular complexity index is 814.